The van der Waals surface area contributed by atoms with Gasteiger partial charge in [-0.1, -0.05) is 91.3 Å². The third-order valence-corrected chi connectivity index (χ3v) is 9.03. The molecule has 0 aromatic heterocycles. The number of likely N-dealkylation sites (N-methyl/N-ethyl adjacent to an activating group) is 1. The molecule has 0 spiro atoms. The summed E-state index contributed by atoms with van der Waals surface area (Å²) < 4.78 is 29.0. The molecule has 4 aromatic carbocycles. The zero-order valence-corrected chi connectivity index (χ0v) is 25.2. The molecule has 2 amide bonds. The van der Waals surface area contributed by atoms with Gasteiger partial charge in [-0.25, -0.2) is 8.42 Å². The quantitative estimate of drug-likeness (QED) is 0.232. The number of carbonyl (C=O) groups is 2. The van der Waals surface area contributed by atoms with Gasteiger partial charge in [0.25, 0.3) is 10.0 Å². The van der Waals surface area contributed by atoms with E-state index in [2.05, 4.69) is 5.32 Å². The average molecular weight is 604 g/mol. The number of hydrogen-bond donors (Lipinski definition) is 1. The summed E-state index contributed by atoms with van der Waals surface area (Å²) in [6.45, 7) is 1.56. The Morgan fingerprint density at radius 3 is 2.02 bits per heavy atom. The number of anilines is 1. The van der Waals surface area contributed by atoms with Crippen LogP contribution in [-0.2, 0) is 39.0 Å². The number of halogens is 1. The lowest BCUT2D eigenvalue weighted by Gasteiger charge is -2.33. The molecule has 0 aliphatic carbocycles. The van der Waals surface area contributed by atoms with Crippen molar-refractivity contribution >= 4 is 39.1 Å². The van der Waals surface area contributed by atoms with Crippen LogP contribution in [0.25, 0.3) is 0 Å². The van der Waals surface area contributed by atoms with Crippen LogP contribution in [0.5, 0.6) is 0 Å². The van der Waals surface area contributed by atoms with Crippen molar-refractivity contribution < 1.29 is 18.0 Å². The molecule has 0 unspecified atom stereocenters. The molecule has 7 nitrogen and oxygen atoms in total. The number of nitrogens with one attached hydrogen (secondary N) is 1. The molecule has 0 aliphatic heterocycles. The maximum Gasteiger partial charge on any atom is 0.264 e. The highest BCUT2D eigenvalue weighted by Gasteiger charge is 2.34. The van der Waals surface area contributed by atoms with Gasteiger partial charge in [0, 0.05) is 25.0 Å². The summed E-state index contributed by atoms with van der Waals surface area (Å²) in [7, 11) is -2.61. The van der Waals surface area contributed by atoms with Crippen molar-refractivity contribution in [3.05, 3.63) is 131 Å². The molecule has 0 saturated carbocycles. The first-order valence-corrected chi connectivity index (χ1v) is 15.5. The van der Waals surface area contributed by atoms with Crippen molar-refractivity contribution in [2.24, 2.45) is 0 Å². The zero-order chi connectivity index (χ0) is 30.1. The maximum absolute atomic E-state index is 14.3. The molecule has 0 heterocycles. The van der Waals surface area contributed by atoms with Crippen molar-refractivity contribution in [1.82, 2.24) is 10.2 Å². The van der Waals surface area contributed by atoms with Gasteiger partial charge in [0.2, 0.25) is 11.8 Å². The Morgan fingerprint density at radius 1 is 0.810 bits per heavy atom. The fourth-order valence-electron chi connectivity index (χ4n) is 4.70. The van der Waals surface area contributed by atoms with Gasteiger partial charge < -0.3 is 10.2 Å². The Hall–Kier alpha value is -4.14. The summed E-state index contributed by atoms with van der Waals surface area (Å²) in [5.41, 5.74) is 2.96. The van der Waals surface area contributed by atoms with Crippen molar-refractivity contribution in [3.8, 4) is 0 Å². The molecule has 4 aromatic rings. The van der Waals surface area contributed by atoms with Crippen LogP contribution in [0.2, 0.25) is 5.02 Å². The Morgan fingerprint density at radius 2 is 1.43 bits per heavy atom. The minimum Gasteiger partial charge on any atom is -0.357 e. The van der Waals surface area contributed by atoms with Crippen LogP contribution in [0.1, 0.15) is 23.6 Å². The van der Waals surface area contributed by atoms with Gasteiger partial charge in [0.1, 0.15) is 12.6 Å². The smallest absolute Gasteiger partial charge is 0.264 e. The Kier molecular flexibility index (Phi) is 10.4. The number of rotatable bonds is 12. The van der Waals surface area contributed by atoms with E-state index in [0.717, 1.165) is 21.9 Å². The van der Waals surface area contributed by atoms with Crippen molar-refractivity contribution in [1.29, 1.82) is 0 Å². The molecular weight excluding hydrogens is 570 g/mol. The van der Waals surface area contributed by atoms with E-state index in [-0.39, 0.29) is 23.8 Å². The molecule has 0 radical (unpaired) electrons. The molecule has 1 atom stereocenters. The number of benzene rings is 4. The van der Waals surface area contributed by atoms with E-state index < -0.39 is 28.5 Å². The summed E-state index contributed by atoms with van der Waals surface area (Å²) in [5.74, 6) is -0.891. The lowest BCUT2D eigenvalue weighted by Crippen LogP contribution is -2.53. The van der Waals surface area contributed by atoms with Crippen LogP contribution in [0.15, 0.2) is 114 Å². The SMILES string of the molecule is CCc1ccc(N(CC(=O)N(Cc2cccc(Cl)c2)[C@H](Cc2ccccc2)C(=O)NC)S(=O)(=O)c2ccccc2)cc1. The van der Waals surface area contributed by atoms with Gasteiger partial charge in [-0.2, -0.15) is 0 Å². The summed E-state index contributed by atoms with van der Waals surface area (Å²) in [6.07, 6.45) is 1.02. The minimum atomic E-state index is -4.13. The molecule has 0 aliphatic rings. The van der Waals surface area contributed by atoms with Crippen molar-refractivity contribution in [3.63, 3.8) is 0 Å². The second-order valence-corrected chi connectivity index (χ2v) is 12.1. The van der Waals surface area contributed by atoms with E-state index >= 15 is 0 Å². The van der Waals surface area contributed by atoms with Gasteiger partial charge in [-0.05, 0) is 59.5 Å². The topological polar surface area (TPSA) is 86.8 Å². The molecule has 0 fully saturated rings. The predicted octanol–water partition coefficient (Wildman–Crippen LogP) is 5.48. The van der Waals surface area contributed by atoms with Gasteiger partial charge in [0.05, 0.1) is 10.6 Å². The predicted molar refractivity (Wildman–Crippen MR) is 167 cm³/mol. The Balaban J connectivity index is 1.78. The van der Waals surface area contributed by atoms with Crippen molar-refractivity contribution in [2.45, 2.75) is 37.2 Å². The maximum atomic E-state index is 14.3. The van der Waals surface area contributed by atoms with Gasteiger partial charge >= 0.3 is 0 Å². The van der Waals surface area contributed by atoms with E-state index in [0.29, 0.717) is 16.3 Å². The van der Waals surface area contributed by atoms with E-state index in [1.807, 2.05) is 55.5 Å². The second-order valence-electron chi connectivity index (χ2n) is 9.82. The first-order valence-electron chi connectivity index (χ1n) is 13.7. The van der Waals surface area contributed by atoms with Crippen LogP contribution in [0.3, 0.4) is 0 Å². The highest BCUT2D eigenvalue weighted by molar-refractivity contribution is 7.92. The number of amides is 2. The molecular formula is C33H34ClN3O4S. The van der Waals surface area contributed by atoms with E-state index in [9.17, 15) is 18.0 Å². The van der Waals surface area contributed by atoms with Gasteiger partial charge in [-0.15, -0.1) is 0 Å². The van der Waals surface area contributed by atoms with Crippen LogP contribution >= 0.6 is 11.6 Å². The molecule has 42 heavy (non-hydrogen) atoms. The first kappa shape index (κ1) is 30.8. The summed E-state index contributed by atoms with van der Waals surface area (Å²) in [5, 5.41) is 3.17. The molecule has 1 N–H and O–H groups in total. The number of sulfonamides is 1. The number of nitrogens with zero attached hydrogens (tertiary/aromatic N) is 2. The average Bonchev–Trinajstić information content (AvgIpc) is 3.02. The fraction of sp³-hybridized carbons (Fsp3) is 0.212. The van der Waals surface area contributed by atoms with Crippen LogP contribution in [-0.4, -0.2) is 44.8 Å². The largest absolute Gasteiger partial charge is 0.357 e. The molecule has 4 rings (SSSR count). The molecule has 0 saturated heterocycles. The number of hydrogen-bond acceptors (Lipinski definition) is 4. The van der Waals surface area contributed by atoms with Crippen molar-refractivity contribution in [2.75, 3.05) is 17.9 Å². The fourth-order valence-corrected chi connectivity index (χ4v) is 6.35. The summed E-state index contributed by atoms with van der Waals surface area (Å²) in [6, 6.07) is 30.6. The minimum absolute atomic E-state index is 0.0539. The monoisotopic (exact) mass is 603 g/mol. The second kappa shape index (κ2) is 14.2. The third kappa shape index (κ3) is 7.57. The Bertz CT molecular complexity index is 1600. The Labute approximate surface area is 252 Å². The van der Waals surface area contributed by atoms with E-state index in [4.69, 9.17) is 11.6 Å². The number of carbonyl (C=O) groups excluding carboxylic acids is 2. The van der Waals surface area contributed by atoms with Gasteiger partial charge in [0.15, 0.2) is 0 Å². The van der Waals surface area contributed by atoms with Crippen LogP contribution < -0.4 is 9.62 Å². The molecule has 218 valence electrons. The normalized spacial score (nSPS) is 11.9. The highest BCUT2D eigenvalue weighted by Crippen LogP contribution is 2.26. The zero-order valence-electron chi connectivity index (χ0n) is 23.6. The standard InChI is InChI=1S/C33H34ClN3O4S/c1-3-25-17-19-29(20-18-25)37(42(40,41)30-15-8-5-9-16-30)24-32(38)36(23-27-13-10-14-28(34)21-27)31(33(39)35-2)22-26-11-6-4-7-12-26/h4-21,31H,3,22-24H2,1-2H3,(H,35,39)/t31-/m1/s1. The summed E-state index contributed by atoms with van der Waals surface area (Å²) in [4.78, 5) is 29.1. The first-order chi connectivity index (χ1) is 20.2. The third-order valence-electron chi connectivity index (χ3n) is 7.00. The number of aryl methyl sites for hydroxylation is 1. The van der Waals surface area contributed by atoms with E-state index in [1.54, 1.807) is 48.5 Å². The molecule has 9 heteroatoms. The molecule has 0 bridgehead atoms. The lowest BCUT2D eigenvalue weighted by atomic mass is 10.0. The van der Waals surface area contributed by atoms with Crippen LogP contribution in [0.4, 0.5) is 5.69 Å². The van der Waals surface area contributed by atoms with Gasteiger partial charge in [-0.3, -0.25) is 13.9 Å². The summed E-state index contributed by atoms with van der Waals surface area (Å²) >= 11 is 6.25. The van der Waals surface area contributed by atoms with Crippen LogP contribution in [0, 0.1) is 0 Å². The lowest BCUT2D eigenvalue weighted by molar-refractivity contribution is -0.139. The highest BCUT2D eigenvalue weighted by atomic mass is 35.5. The van der Waals surface area contributed by atoms with E-state index in [1.165, 1.54) is 24.1 Å².